The first-order valence-electron chi connectivity index (χ1n) is 5.22. The fourth-order valence-corrected chi connectivity index (χ4v) is 2.77. The van der Waals surface area contributed by atoms with Crippen LogP contribution in [0.4, 0.5) is 0 Å². The second kappa shape index (κ2) is 4.96. The lowest BCUT2D eigenvalue weighted by atomic mass is 10.0. The van der Waals surface area contributed by atoms with Gasteiger partial charge in [-0.3, -0.25) is 9.05 Å². The third kappa shape index (κ3) is 7.97. The van der Waals surface area contributed by atoms with Crippen LogP contribution in [0.25, 0.3) is 0 Å². The van der Waals surface area contributed by atoms with Crippen molar-refractivity contribution in [1.29, 1.82) is 0 Å². The SMILES string of the molecule is CCCC(C)(C)OP(=O)(O)OC(C)(C)C. The van der Waals surface area contributed by atoms with Crippen molar-refractivity contribution in [3.8, 4) is 0 Å². The Bertz CT molecular complexity index is 242. The van der Waals surface area contributed by atoms with Gasteiger partial charge < -0.3 is 4.89 Å². The van der Waals surface area contributed by atoms with Crippen molar-refractivity contribution in [3.63, 3.8) is 0 Å². The molecule has 0 spiro atoms. The fourth-order valence-electron chi connectivity index (χ4n) is 1.32. The number of phosphoric acid groups is 1. The third-order valence-electron chi connectivity index (χ3n) is 1.60. The van der Waals surface area contributed by atoms with Crippen molar-refractivity contribution in [2.24, 2.45) is 0 Å². The summed E-state index contributed by atoms with van der Waals surface area (Å²) in [5.74, 6) is 0. The highest BCUT2D eigenvalue weighted by atomic mass is 31.2. The highest BCUT2D eigenvalue weighted by molar-refractivity contribution is 7.47. The van der Waals surface area contributed by atoms with Gasteiger partial charge in [0.15, 0.2) is 0 Å². The van der Waals surface area contributed by atoms with Crippen LogP contribution in [0.3, 0.4) is 0 Å². The number of phosphoric ester groups is 1. The molecule has 0 aromatic heterocycles. The minimum Gasteiger partial charge on any atom is -0.302 e. The molecule has 0 amide bonds. The van der Waals surface area contributed by atoms with Crippen molar-refractivity contribution in [2.45, 2.75) is 65.6 Å². The van der Waals surface area contributed by atoms with Gasteiger partial charge in [-0.25, -0.2) is 4.57 Å². The normalized spacial score (nSPS) is 17.5. The van der Waals surface area contributed by atoms with E-state index in [9.17, 15) is 9.46 Å². The topological polar surface area (TPSA) is 55.8 Å². The lowest BCUT2D eigenvalue weighted by molar-refractivity contribution is 0.00686. The Balaban J connectivity index is 4.44. The van der Waals surface area contributed by atoms with E-state index >= 15 is 0 Å². The molecule has 92 valence electrons. The summed E-state index contributed by atoms with van der Waals surface area (Å²) in [5.41, 5.74) is -1.32. The Morgan fingerprint density at radius 1 is 1.13 bits per heavy atom. The molecule has 0 heterocycles. The molecule has 0 bridgehead atoms. The first-order valence-corrected chi connectivity index (χ1v) is 6.71. The van der Waals surface area contributed by atoms with Gasteiger partial charge in [-0.15, -0.1) is 0 Å². The second-order valence-corrected chi connectivity index (χ2v) is 6.58. The summed E-state index contributed by atoms with van der Waals surface area (Å²) in [6.07, 6.45) is 1.60. The lowest BCUT2D eigenvalue weighted by Crippen LogP contribution is -2.26. The molecule has 0 aromatic carbocycles. The van der Waals surface area contributed by atoms with Crippen molar-refractivity contribution in [3.05, 3.63) is 0 Å². The van der Waals surface area contributed by atoms with Gasteiger partial charge in [0.1, 0.15) is 0 Å². The summed E-state index contributed by atoms with van der Waals surface area (Å²) < 4.78 is 21.8. The molecule has 0 aromatic rings. The molecule has 1 unspecified atom stereocenters. The van der Waals surface area contributed by atoms with E-state index in [0.29, 0.717) is 6.42 Å². The van der Waals surface area contributed by atoms with Crippen LogP contribution in [-0.2, 0) is 13.6 Å². The van der Waals surface area contributed by atoms with E-state index < -0.39 is 19.0 Å². The van der Waals surface area contributed by atoms with Crippen LogP contribution in [0.1, 0.15) is 54.4 Å². The average molecular weight is 238 g/mol. The fraction of sp³-hybridized carbons (Fsp3) is 1.00. The largest absolute Gasteiger partial charge is 0.473 e. The zero-order valence-corrected chi connectivity index (χ0v) is 11.4. The van der Waals surface area contributed by atoms with Gasteiger partial charge in [0.05, 0.1) is 11.2 Å². The van der Waals surface area contributed by atoms with Gasteiger partial charge in [0.25, 0.3) is 0 Å². The smallest absolute Gasteiger partial charge is 0.302 e. The van der Waals surface area contributed by atoms with Gasteiger partial charge in [0, 0.05) is 0 Å². The van der Waals surface area contributed by atoms with Gasteiger partial charge in [-0.2, -0.15) is 0 Å². The summed E-state index contributed by atoms with van der Waals surface area (Å²) >= 11 is 0. The molecular weight excluding hydrogens is 215 g/mol. The maximum Gasteiger partial charge on any atom is 0.473 e. The Morgan fingerprint density at radius 3 is 1.93 bits per heavy atom. The molecule has 0 aliphatic carbocycles. The number of rotatable bonds is 5. The molecule has 0 aliphatic rings. The summed E-state index contributed by atoms with van der Waals surface area (Å²) in [7, 11) is -3.97. The van der Waals surface area contributed by atoms with Gasteiger partial charge in [0.2, 0.25) is 0 Å². The highest BCUT2D eigenvalue weighted by Crippen LogP contribution is 2.51. The highest BCUT2D eigenvalue weighted by Gasteiger charge is 2.35. The number of hydrogen-bond donors (Lipinski definition) is 1. The molecule has 0 aliphatic heterocycles. The number of hydrogen-bond acceptors (Lipinski definition) is 3. The Labute approximate surface area is 92.6 Å². The van der Waals surface area contributed by atoms with Crippen LogP contribution in [0.15, 0.2) is 0 Å². The third-order valence-corrected chi connectivity index (χ3v) is 3.11. The first kappa shape index (κ1) is 15.1. The minimum absolute atomic E-state index is 0.635. The van der Waals surface area contributed by atoms with E-state index in [0.717, 1.165) is 6.42 Å². The molecule has 1 N–H and O–H groups in total. The van der Waals surface area contributed by atoms with Crippen LogP contribution in [-0.4, -0.2) is 16.1 Å². The molecule has 5 heteroatoms. The average Bonchev–Trinajstić information content (AvgIpc) is 1.74. The Hall–Kier alpha value is 0.110. The predicted molar refractivity (Wildman–Crippen MR) is 60.7 cm³/mol. The van der Waals surface area contributed by atoms with Crippen molar-refractivity contribution in [1.82, 2.24) is 0 Å². The summed E-state index contributed by atoms with van der Waals surface area (Å²) in [5, 5.41) is 0. The molecule has 1 atom stereocenters. The van der Waals surface area contributed by atoms with E-state index in [1.807, 2.05) is 6.92 Å². The summed E-state index contributed by atoms with van der Waals surface area (Å²) in [6.45, 7) is 10.7. The van der Waals surface area contributed by atoms with Crippen LogP contribution in [0.2, 0.25) is 0 Å². The van der Waals surface area contributed by atoms with Crippen molar-refractivity contribution in [2.75, 3.05) is 0 Å². The van der Waals surface area contributed by atoms with E-state index in [2.05, 4.69) is 0 Å². The monoisotopic (exact) mass is 238 g/mol. The van der Waals surface area contributed by atoms with Crippen molar-refractivity contribution < 1.29 is 18.5 Å². The molecule has 0 saturated carbocycles. The summed E-state index contributed by atoms with van der Waals surface area (Å²) in [6, 6.07) is 0. The van der Waals surface area contributed by atoms with Crippen LogP contribution in [0.5, 0.6) is 0 Å². The van der Waals surface area contributed by atoms with Crippen LogP contribution >= 0.6 is 7.82 Å². The maximum absolute atomic E-state index is 11.6. The first-order chi connectivity index (χ1) is 6.47. The van der Waals surface area contributed by atoms with Crippen LogP contribution < -0.4 is 0 Å². The second-order valence-electron chi connectivity index (χ2n) is 5.27. The van der Waals surface area contributed by atoms with E-state index in [4.69, 9.17) is 9.05 Å². The zero-order valence-electron chi connectivity index (χ0n) is 10.5. The molecular formula is C10H23O4P. The maximum atomic E-state index is 11.6. The van der Waals surface area contributed by atoms with E-state index in [1.165, 1.54) is 0 Å². The molecule has 15 heavy (non-hydrogen) atoms. The molecule has 4 nitrogen and oxygen atoms in total. The molecule has 0 saturated heterocycles. The lowest BCUT2D eigenvalue weighted by Gasteiger charge is -2.30. The standard InChI is InChI=1S/C10H23O4P/c1-7-8-10(5,6)14-15(11,12)13-9(2,3)4/h7-8H2,1-6H3,(H,11,12). The Kier molecular flexibility index (Phi) is 5.00. The molecule has 0 radical (unpaired) electrons. The van der Waals surface area contributed by atoms with Gasteiger partial charge in [-0.05, 0) is 41.0 Å². The Morgan fingerprint density at radius 2 is 1.60 bits per heavy atom. The molecule has 0 fully saturated rings. The quantitative estimate of drug-likeness (QED) is 0.745. The van der Waals surface area contributed by atoms with E-state index in [-0.39, 0.29) is 0 Å². The van der Waals surface area contributed by atoms with E-state index in [1.54, 1.807) is 34.6 Å². The summed E-state index contributed by atoms with van der Waals surface area (Å²) in [4.78, 5) is 9.52. The van der Waals surface area contributed by atoms with Gasteiger partial charge in [-0.1, -0.05) is 13.3 Å². The minimum atomic E-state index is -3.97. The van der Waals surface area contributed by atoms with Crippen LogP contribution in [0, 0.1) is 0 Å². The van der Waals surface area contributed by atoms with Gasteiger partial charge >= 0.3 is 7.82 Å². The zero-order chi connectivity index (χ0) is 12.3. The van der Waals surface area contributed by atoms with Crippen molar-refractivity contribution >= 4 is 7.82 Å². The molecule has 0 rings (SSSR count). The predicted octanol–water partition coefficient (Wildman–Crippen LogP) is 3.50.